The summed E-state index contributed by atoms with van der Waals surface area (Å²) in [5.41, 5.74) is 2.69. The Labute approximate surface area is 111 Å². The van der Waals surface area contributed by atoms with E-state index in [1.807, 2.05) is 6.92 Å². The predicted octanol–water partition coefficient (Wildman–Crippen LogP) is 2.87. The van der Waals surface area contributed by atoms with Gasteiger partial charge in [-0.25, -0.2) is 4.98 Å². The molecule has 0 radical (unpaired) electrons. The van der Waals surface area contributed by atoms with Crippen molar-refractivity contribution in [2.75, 3.05) is 5.32 Å². The molecule has 5 heteroatoms. The fourth-order valence-corrected chi connectivity index (χ4v) is 1.86. The first kappa shape index (κ1) is 13.1. The van der Waals surface area contributed by atoms with Crippen LogP contribution in [0.15, 0.2) is 16.5 Å². The molecule has 1 aromatic carbocycles. The number of hydrogen-bond donors (Lipinski definition) is 2. The molecule has 1 heterocycles. The number of benzene rings is 1. The molecule has 0 unspecified atom stereocenters. The molecule has 2 aromatic rings. The first-order valence-corrected chi connectivity index (χ1v) is 5.94. The first-order chi connectivity index (χ1) is 8.88. The van der Waals surface area contributed by atoms with Gasteiger partial charge in [-0.05, 0) is 44.0 Å². The molecule has 2 rings (SSSR count). The summed E-state index contributed by atoms with van der Waals surface area (Å²) >= 11 is 0. The second-order valence-electron chi connectivity index (χ2n) is 4.56. The highest BCUT2D eigenvalue weighted by Crippen LogP contribution is 2.25. The molecule has 2 N–H and O–H groups in total. The van der Waals surface area contributed by atoms with Crippen LogP contribution in [-0.4, -0.2) is 16.0 Å². The summed E-state index contributed by atoms with van der Waals surface area (Å²) in [6.07, 6.45) is 0. The third-order valence-corrected chi connectivity index (χ3v) is 2.90. The normalized spacial score (nSPS) is 10.5. The molecular formula is C14H16N2O3. The van der Waals surface area contributed by atoms with E-state index in [0.29, 0.717) is 22.8 Å². The molecule has 0 bridgehead atoms. The molecule has 100 valence electrons. The van der Waals surface area contributed by atoms with Gasteiger partial charge < -0.3 is 14.8 Å². The second kappa shape index (κ2) is 4.76. The summed E-state index contributed by atoms with van der Waals surface area (Å²) < 4.78 is 5.27. The summed E-state index contributed by atoms with van der Waals surface area (Å²) in [7, 11) is 0. The topological polar surface area (TPSA) is 75.4 Å². The number of carbonyl (C=O) groups excluding carboxylic acids is 1. The molecule has 0 atom stereocenters. The SMILES string of the molecule is Cc1nc(C)c(C(=O)Nc2cc(C)c(O)cc2C)o1. The van der Waals surface area contributed by atoms with Crippen LogP contribution in [0, 0.1) is 27.7 Å². The van der Waals surface area contributed by atoms with E-state index < -0.39 is 0 Å². The number of aromatic hydroxyl groups is 1. The number of carbonyl (C=O) groups is 1. The van der Waals surface area contributed by atoms with Crippen molar-refractivity contribution in [1.29, 1.82) is 0 Å². The van der Waals surface area contributed by atoms with Crippen LogP contribution in [0.1, 0.15) is 33.3 Å². The number of oxazole rings is 1. The van der Waals surface area contributed by atoms with Crippen molar-refractivity contribution in [2.45, 2.75) is 27.7 Å². The Morgan fingerprint density at radius 3 is 2.47 bits per heavy atom. The van der Waals surface area contributed by atoms with Crippen molar-refractivity contribution in [3.63, 3.8) is 0 Å². The lowest BCUT2D eigenvalue weighted by atomic mass is 10.1. The Bertz CT molecular complexity index is 644. The highest BCUT2D eigenvalue weighted by molar-refractivity contribution is 6.03. The van der Waals surface area contributed by atoms with Gasteiger partial charge in [0.2, 0.25) is 5.76 Å². The van der Waals surface area contributed by atoms with Crippen LogP contribution in [0.2, 0.25) is 0 Å². The van der Waals surface area contributed by atoms with Crippen molar-refractivity contribution in [2.24, 2.45) is 0 Å². The number of nitrogens with one attached hydrogen (secondary N) is 1. The number of amides is 1. The molecule has 0 aliphatic rings. The number of aromatic nitrogens is 1. The number of phenols is 1. The minimum atomic E-state index is -0.341. The fourth-order valence-electron chi connectivity index (χ4n) is 1.86. The van der Waals surface area contributed by atoms with Crippen molar-refractivity contribution >= 4 is 11.6 Å². The van der Waals surface area contributed by atoms with E-state index in [4.69, 9.17) is 4.42 Å². The summed E-state index contributed by atoms with van der Waals surface area (Å²) in [5.74, 6) is 0.539. The zero-order valence-corrected chi connectivity index (χ0v) is 11.4. The smallest absolute Gasteiger partial charge is 0.293 e. The maximum Gasteiger partial charge on any atom is 0.293 e. The maximum absolute atomic E-state index is 12.1. The molecule has 1 aromatic heterocycles. The average molecular weight is 260 g/mol. The molecule has 0 spiro atoms. The van der Waals surface area contributed by atoms with Crippen molar-refractivity contribution in [1.82, 2.24) is 4.98 Å². The number of hydrogen-bond acceptors (Lipinski definition) is 4. The molecule has 0 aliphatic carbocycles. The molecule has 5 nitrogen and oxygen atoms in total. The van der Waals surface area contributed by atoms with E-state index >= 15 is 0 Å². The quantitative estimate of drug-likeness (QED) is 0.814. The lowest BCUT2D eigenvalue weighted by Crippen LogP contribution is -2.13. The number of aryl methyl sites for hydroxylation is 4. The van der Waals surface area contributed by atoms with E-state index in [1.165, 1.54) is 0 Å². The van der Waals surface area contributed by atoms with Crippen LogP contribution >= 0.6 is 0 Å². The third-order valence-electron chi connectivity index (χ3n) is 2.90. The van der Waals surface area contributed by atoms with Gasteiger partial charge in [-0.2, -0.15) is 0 Å². The number of nitrogens with zero attached hydrogens (tertiary/aromatic N) is 1. The second-order valence-corrected chi connectivity index (χ2v) is 4.56. The fraction of sp³-hybridized carbons (Fsp3) is 0.286. The molecule has 0 aliphatic heterocycles. The van der Waals surface area contributed by atoms with Crippen LogP contribution in [0.4, 0.5) is 5.69 Å². The van der Waals surface area contributed by atoms with E-state index in [0.717, 1.165) is 5.56 Å². The Morgan fingerprint density at radius 2 is 1.89 bits per heavy atom. The zero-order chi connectivity index (χ0) is 14.2. The molecule has 19 heavy (non-hydrogen) atoms. The monoisotopic (exact) mass is 260 g/mol. The van der Waals surface area contributed by atoms with Gasteiger partial charge in [0.15, 0.2) is 5.89 Å². The molecule has 1 amide bonds. The predicted molar refractivity (Wildman–Crippen MR) is 71.5 cm³/mol. The lowest BCUT2D eigenvalue weighted by Gasteiger charge is -2.09. The Morgan fingerprint density at radius 1 is 1.21 bits per heavy atom. The van der Waals surface area contributed by atoms with E-state index in [-0.39, 0.29) is 17.4 Å². The summed E-state index contributed by atoms with van der Waals surface area (Å²) in [5, 5.41) is 12.3. The standard InChI is InChI=1S/C14H16N2O3/c1-7-6-12(17)8(2)5-11(7)16-14(18)13-9(3)15-10(4)19-13/h5-6,17H,1-4H3,(H,16,18). The Balaban J connectivity index is 2.29. The van der Waals surface area contributed by atoms with Gasteiger partial charge in [0, 0.05) is 12.6 Å². The van der Waals surface area contributed by atoms with Crippen molar-refractivity contribution in [3.8, 4) is 5.75 Å². The van der Waals surface area contributed by atoms with Crippen LogP contribution in [0.5, 0.6) is 5.75 Å². The van der Waals surface area contributed by atoms with E-state index in [9.17, 15) is 9.90 Å². The van der Waals surface area contributed by atoms with Gasteiger partial charge in [0.25, 0.3) is 5.91 Å². The van der Waals surface area contributed by atoms with Gasteiger partial charge in [-0.1, -0.05) is 0 Å². The minimum Gasteiger partial charge on any atom is -0.508 e. The highest BCUT2D eigenvalue weighted by atomic mass is 16.4. The number of rotatable bonds is 2. The summed E-state index contributed by atoms with van der Waals surface area (Å²) in [4.78, 5) is 16.1. The molecule has 0 saturated heterocycles. The van der Waals surface area contributed by atoms with Gasteiger partial charge >= 0.3 is 0 Å². The molecular weight excluding hydrogens is 244 g/mol. The molecule has 0 fully saturated rings. The number of phenolic OH excluding ortho intramolecular Hbond substituents is 1. The van der Waals surface area contributed by atoms with E-state index in [1.54, 1.807) is 32.9 Å². The van der Waals surface area contributed by atoms with Gasteiger partial charge in [-0.15, -0.1) is 0 Å². The van der Waals surface area contributed by atoms with E-state index in [2.05, 4.69) is 10.3 Å². The summed E-state index contributed by atoms with van der Waals surface area (Å²) in [6.45, 7) is 7.00. The zero-order valence-electron chi connectivity index (χ0n) is 11.4. The van der Waals surface area contributed by atoms with Crippen LogP contribution in [0.3, 0.4) is 0 Å². The molecule has 0 saturated carbocycles. The third kappa shape index (κ3) is 2.59. The van der Waals surface area contributed by atoms with Crippen molar-refractivity contribution in [3.05, 3.63) is 40.6 Å². The van der Waals surface area contributed by atoms with Gasteiger partial charge in [-0.3, -0.25) is 4.79 Å². The average Bonchev–Trinajstić information content (AvgIpc) is 2.65. The van der Waals surface area contributed by atoms with Crippen LogP contribution in [-0.2, 0) is 0 Å². The first-order valence-electron chi connectivity index (χ1n) is 5.94. The van der Waals surface area contributed by atoms with Crippen molar-refractivity contribution < 1.29 is 14.3 Å². The van der Waals surface area contributed by atoms with Crippen LogP contribution < -0.4 is 5.32 Å². The van der Waals surface area contributed by atoms with Gasteiger partial charge in [0.1, 0.15) is 5.75 Å². The maximum atomic E-state index is 12.1. The Kier molecular flexibility index (Phi) is 3.29. The number of anilines is 1. The largest absolute Gasteiger partial charge is 0.508 e. The van der Waals surface area contributed by atoms with Gasteiger partial charge in [0.05, 0.1) is 5.69 Å². The van der Waals surface area contributed by atoms with Crippen LogP contribution in [0.25, 0.3) is 0 Å². The lowest BCUT2D eigenvalue weighted by molar-refractivity contribution is 0.0994. The highest BCUT2D eigenvalue weighted by Gasteiger charge is 2.17. The summed E-state index contributed by atoms with van der Waals surface area (Å²) in [6, 6.07) is 3.34. The Hall–Kier alpha value is -2.30. The minimum absolute atomic E-state index is 0.210.